The number of ether oxygens (including phenoxy) is 1. The molecule has 0 spiro atoms. The first-order valence-electron chi connectivity index (χ1n) is 10.8. The molecule has 5 atom stereocenters. The number of hydrogen-bond donors (Lipinski definition) is 3. The van der Waals surface area contributed by atoms with Crippen LogP contribution in [0, 0.1) is 17.8 Å². The number of carboxylic acid groups (broad SMARTS) is 1. The van der Waals surface area contributed by atoms with E-state index in [1.807, 2.05) is 12.1 Å². The van der Waals surface area contributed by atoms with Gasteiger partial charge in [0.1, 0.15) is 5.75 Å². The molecular weight excluding hydrogens is 379 g/mol. The topological polar surface area (TPSA) is 87.0 Å². The number of carbonyl (C=O) groups is 1. The number of unbranched alkanes of at least 4 members (excludes halogenated alkanes) is 2. The van der Waals surface area contributed by atoms with E-state index in [9.17, 15) is 15.0 Å². The summed E-state index contributed by atoms with van der Waals surface area (Å²) in [5, 5.41) is 29.8. The Morgan fingerprint density at radius 3 is 2.79 bits per heavy atom. The van der Waals surface area contributed by atoms with E-state index in [4.69, 9.17) is 9.84 Å². The molecule has 158 valence electrons. The van der Waals surface area contributed by atoms with Crippen molar-refractivity contribution in [2.75, 3.05) is 6.61 Å². The first-order valence-corrected chi connectivity index (χ1v) is 10.8. The molecule has 3 N–H and O–H groups in total. The van der Waals surface area contributed by atoms with Gasteiger partial charge in [0.2, 0.25) is 0 Å². The second-order valence-corrected chi connectivity index (χ2v) is 8.60. The molecule has 1 saturated carbocycles. The molecule has 4 unspecified atom stereocenters. The van der Waals surface area contributed by atoms with Crippen LogP contribution in [0.1, 0.15) is 64.4 Å². The van der Waals surface area contributed by atoms with Crippen molar-refractivity contribution in [2.45, 2.75) is 76.9 Å². The van der Waals surface area contributed by atoms with Gasteiger partial charge in [0.15, 0.2) is 6.61 Å². The molecule has 1 fully saturated rings. The normalized spacial score (nSPS) is 26.2. The average molecular weight is 415 g/mol. The zero-order chi connectivity index (χ0) is 20.1. The molecule has 1 aromatic rings. The number of aliphatic hydroxyl groups excluding tert-OH is 2. The van der Waals surface area contributed by atoms with Crippen molar-refractivity contribution in [1.29, 1.82) is 0 Å². The summed E-state index contributed by atoms with van der Waals surface area (Å²) in [5.74, 6) is 0.768. The van der Waals surface area contributed by atoms with Crippen molar-refractivity contribution < 1.29 is 55.8 Å². The number of aliphatic carboxylic acids is 1. The van der Waals surface area contributed by atoms with Gasteiger partial charge in [-0.15, -0.1) is 0 Å². The summed E-state index contributed by atoms with van der Waals surface area (Å²) >= 11 is 0. The van der Waals surface area contributed by atoms with Crippen LogP contribution in [-0.2, 0) is 17.6 Å². The standard InChI is InChI=1S/C23H34O5.Na.H/c1-2-3-4-7-17(24)9-10-18-19-11-15-6-5-8-22(28-14-23(26)27)20(15)12-16(19)13-21(18)25;;/h5-6,8,16-19,21,24-25H,2-4,7,9-14H2,1H3,(H,26,27);;/q;+1;-1/t16?,17-,18?,19?,21?;;/m1../s1. The Morgan fingerprint density at radius 2 is 2.07 bits per heavy atom. The molecule has 1 aromatic carbocycles. The summed E-state index contributed by atoms with van der Waals surface area (Å²) in [6.45, 7) is 1.84. The molecule has 0 amide bonds. The number of fused-ring (bicyclic) bond motifs is 2. The number of hydrogen-bond acceptors (Lipinski definition) is 4. The van der Waals surface area contributed by atoms with Crippen LogP contribution in [0.2, 0.25) is 0 Å². The van der Waals surface area contributed by atoms with Crippen LogP contribution in [-0.4, -0.2) is 40.1 Å². The van der Waals surface area contributed by atoms with Crippen molar-refractivity contribution in [1.82, 2.24) is 0 Å². The minimum absolute atomic E-state index is 0. The van der Waals surface area contributed by atoms with Crippen LogP contribution < -0.4 is 34.3 Å². The van der Waals surface area contributed by atoms with Crippen LogP contribution in [0.15, 0.2) is 18.2 Å². The molecule has 29 heavy (non-hydrogen) atoms. The van der Waals surface area contributed by atoms with Gasteiger partial charge in [-0.05, 0) is 73.5 Å². The smallest absolute Gasteiger partial charge is 1.00 e. The van der Waals surface area contributed by atoms with Crippen molar-refractivity contribution in [3.05, 3.63) is 29.3 Å². The Hall–Kier alpha value is -0.590. The van der Waals surface area contributed by atoms with Gasteiger partial charge in [-0.2, -0.15) is 0 Å². The number of benzene rings is 1. The fraction of sp³-hybridized carbons (Fsp3) is 0.696. The molecule has 0 aromatic heterocycles. The van der Waals surface area contributed by atoms with E-state index in [2.05, 4.69) is 13.0 Å². The Bertz CT molecular complexity index is 671. The van der Waals surface area contributed by atoms with Crippen molar-refractivity contribution >= 4 is 5.97 Å². The van der Waals surface area contributed by atoms with E-state index in [0.29, 0.717) is 17.6 Å². The SMILES string of the molecule is CCCCC[C@@H](O)CCC1C(O)CC2Cc3c(cccc3OCC(=O)O)CC21.[H-].[Na+]. The molecular formula is C23H35NaO5. The first kappa shape index (κ1) is 24.7. The predicted molar refractivity (Wildman–Crippen MR) is 109 cm³/mol. The summed E-state index contributed by atoms with van der Waals surface area (Å²) < 4.78 is 5.50. The van der Waals surface area contributed by atoms with Crippen LogP contribution in [0.3, 0.4) is 0 Å². The van der Waals surface area contributed by atoms with E-state index in [-0.39, 0.29) is 55.7 Å². The fourth-order valence-electron chi connectivity index (χ4n) is 5.24. The van der Waals surface area contributed by atoms with Gasteiger partial charge in [-0.3, -0.25) is 0 Å². The Kier molecular flexibility index (Phi) is 9.96. The Morgan fingerprint density at radius 1 is 1.28 bits per heavy atom. The molecule has 2 aliphatic rings. The Balaban J connectivity index is 0.00000225. The molecule has 0 heterocycles. The molecule has 3 rings (SSSR count). The summed E-state index contributed by atoms with van der Waals surface area (Å²) in [7, 11) is 0. The number of rotatable bonds is 10. The fourth-order valence-corrected chi connectivity index (χ4v) is 5.24. The maximum absolute atomic E-state index is 10.8. The zero-order valence-corrected chi connectivity index (χ0v) is 19.8. The van der Waals surface area contributed by atoms with Crippen LogP contribution >= 0.6 is 0 Å². The molecule has 0 radical (unpaired) electrons. The summed E-state index contributed by atoms with van der Waals surface area (Å²) in [6, 6.07) is 5.87. The molecule has 5 nitrogen and oxygen atoms in total. The van der Waals surface area contributed by atoms with Crippen LogP contribution in [0.25, 0.3) is 0 Å². The molecule has 6 heteroatoms. The van der Waals surface area contributed by atoms with Crippen molar-refractivity contribution in [2.24, 2.45) is 17.8 Å². The monoisotopic (exact) mass is 414 g/mol. The van der Waals surface area contributed by atoms with Crippen molar-refractivity contribution in [3.63, 3.8) is 0 Å². The maximum Gasteiger partial charge on any atom is 1.00 e. The van der Waals surface area contributed by atoms with Crippen LogP contribution in [0.5, 0.6) is 5.75 Å². The average Bonchev–Trinajstić information content (AvgIpc) is 2.97. The summed E-state index contributed by atoms with van der Waals surface area (Å²) in [6.07, 6.45) is 7.85. The third-order valence-electron chi connectivity index (χ3n) is 6.67. The van der Waals surface area contributed by atoms with E-state index < -0.39 is 5.97 Å². The molecule has 2 aliphatic carbocycles. The minimum atomic E-state index is -0.972. The number of carboxylic acids is 1. The van der Waals surface area contributed by atoms with Gasteiger partial charge >= 0.3 is 35.5 Å². The molecule has 0 bridgehead atoms. The zero-order valence-electron chi connectivity index (χ0n) is 18.8. The van der Waals surface area contributed by atoms with E-state index >= 15 is 0 Å². The molecule has 0 saturated heterocycles. The van der Waals surface area contributed by atoms with Crippen LogP contribution in [0.4, 0.5) is 0 Å². The molecule has 0 aliphatic heterocycles. The van der Waals surface area contributed by atoms with E-state index in [1.54, 1.807) is 0 Å². The van der Waals surface area contributed by atoms with Crippen molar-refractivity contribution in [3.8, 4) is 5.75 Å². The second kappa shape index (κ2) is 11.7. The van der Waals surface area contributed by atoms with Gasteiger partial charge < -0.3 is 21.5 Å². The van der Waals surface area contributed by atoms with Gasteiger partial charge in [0.25, 0.3) is 0 Å². The number of aliphatic hydroxyl groups is 2. The quantitative estimate of drug-likeness (QED) is 0.388. The third-order valence-corrected chi connectivity index (χ3v) is 6.67. The van der Waals surface area contributed by atoms with Gasteiger partial charge in [0.05, 0.1) is 12.2 Å². The largest absolute Gasteiger partial charge is 1.00 e. The summed E-state index contributed by atoms with van der Waals surface area (Å²) in [5.41, 5.74) is 2.32. The first-order chi connectivity index (χ1) is 13.5. The summed E-state index contributed by atoms with van der Waals surface area (Å²) in [4.78, 5) is 10.8. The minimum Gasteiger partial charge on any atom is -1.00 e. The van der Waals surface area contributed by atoms with Gasteiger partial charge in [-0.25, -0.2) is 4.79 Å². The van der Waals surface area contributed by atoms with E-state index in [1.165, 1.54) is 5.56 Å². The van der Waals surface area contributed by atoms with E-state index in [0.717, 1.165) is 63.4 Å². The second-order valence-electron chi connectivity index (χ2n) is 8.60. The predicted octanol–water partition coefficient (Wildman–Crippen LogP) is 0.700. The maximum atomic E-state index is 10.8. The third kappa shape index (κ3) is 6.44. The Labute approximate surface area is 197 Å². The van der Waals surface area contributed by atoms with Gasteiger partial charge in [-0.1, -0.05) is 38.3 Å². The van der Waals surface area contributed by atoms with Gasteiger partial charge in [0, 0.05) is 0 Å².